The molecule has 2 aromatic heterocycles. The predicted molar refractivity (Wildman–Crippen MR) is 160 cm³/mol. The van der Waals surface area contributed by atoms with Gasteiger partial charge in [0.15, 0.2) is 17.0 Å². The molecule has 2 fully saturated rings. The zero-order valence-corrected chi connectivity index (χ0v) is 23.4. The maximum absolute atomic E-state index is 12.1. The van der Waals surface area contributed by atoms with Gasteiger partial charge in [-0.2, -0.15) is 9.97 Å². The molecule has 10 nitrogen and oxygen atoms in total. The fraction of sp³-hybridized carbons (Fsp3) is 0.419. The van der Waals surface area contributed by atoms with Gasteiger partial charge in [0.25, 0.3) is 0 Å². The van der Waals surface area contributed by atoms with Crippen molar-refractivity contribution in [1.82, 2.24) is 29.3 Å². The number of imidazole rings is 1. The fourth-order valence-electron chi connectivity index (χ4n) is 5.58. The van der Waals surface area contributed by atoms with E-state index in [2.05, 4.69) is 50.8 Å². The van der Waals surface area contributed by atoms with E-state index in [1.165, 1.54) is 5.56 Å². The maximum Gasteiger partial charge on any atom is 0.227 e. The molecule has 0 bridgehead atoms. The van der Waals surface area contributed by atoms with Crippen LogP contribution >= 0.6 is 0 Å². The number of piperidine rings is 1. The summed E-state index contributed by atoms with van der Waals surface area (Å²) in [6, 6.07) is 20.7. The molecule has 0 saturated carbocycles. The van der Waals surface area contributed by atoms with Crippen molar-refractivity contribution in [1.29, 1.82) is 0 Å². The Morgan fingerprint density at radius 2 is 1.71 bits per heavy atom. The first-order chi connectivity index (χ1) is 20.2. The van der Waals surface area contributed by atoms with Crippen molar-refractivity contribution in [3.63, 3.8) is 0 Å². The van der Waals surface area contributed by atoms with E-state index in [0.717, 1.165) is 62.4 Å². The van der Waals surface area contributed by atoms with Crippen molar-refractivity contribution >= 4 is 28.8 Å². The number of anilines is 2. The van der Waals surface area contributed by atoms with Crippen molar-refractivity contribution in [3.05, 3.63) is 72.6 Å². The second kappa shape index (κ2) is 13.0. The molecule has 2 saturated heterocycles. The molecule has 6 rings (SSSR count). The maximum atomic E-state index is 12.1. The van der Waals surface area contributed by atoms with Gasteiger partial charge in [-0.15, -0.1) is 0 Å². The molecule has 4 aromatic rings. The zero-order chi connectivity index (χ0) is 27.9. The summed E-state index contributed by atoms with van der Waals surface area (Å²) in [5, 5.41) is 7.03. The van der Waals surface area contributed by atoms with E-state index >= 15 is 0 Å². The standard InChI is InChI=1S/C31H38N8O2/c40-27-12-7-16-38(27)19-20-39-23-33-28-29(32-15-21-41-26-10-5-2-6-11-26)35-31(36-30(28)39)34-25-13-17-37(18-14-25)22-24-8-3-1-4-9-24/h1-6,8-11,23,25H,7,12-22H2,(H2,32,34,35,36). The largest absolute Gasteiger partial charge is 0.492 e. The number of para-hydroxylation sites is 1. The van der Waals surface area contributed by atoms with E-state index in [1.54, 1.807) is 6.33 Å². The summed E-state index contributed by atoms with van der Waals surface area (Å²) in [5.74, 6) is 2.35. The van der Waals surface area contributed by atoms with Gasteiger partial charge in [0.1, 0.15) is 12.4 Å². The first-order valence-corrected chi connectivity index (χ1v) is 14.7. The summed E-state index contributed by atoms with van der Waals surface area (Å²) >= 11 is 0. The second-order valence-corrected chi connectivity index (χ2v) is 10.8. The molecule has 2 aliphatic heterocycles. The van der Waals surface area contributed by atoms with E-state index in [9.17, 15) is 4.79 Å². The van der Waals surface area contributed by atoms with E-state index in [-0.39, 0.29) is 5.91 Å². The monoisotopic (exact) mass is 554 g/mol. The van der Waals surface area contributed by atoms with Crippen LogP contribution in [0, 0.1) is 0 Å². The highest BCUT2D eigenvalue weighted by molar-refractivity contribution is 5.84. The lowest BCUT2D eigenvalue weighted by Gasteiger charge is -2.32. The Hall–Kier alpha value is -4.18. The number of nitrogens with one attached hydrogen (secondary N) is 2. The number of carbonyl (C=O) groups excluding carboxylic acids is 1. The Morgan fingerprint density at radius 3 is 2.46 bits per heavy atom. The number of fused-ring (bicyclic) bond motifs is 1. The van der Waals surface area contributed by atoms with E-state index < -0.39 is 0 Å². The Morgan fingerprint density at radius 1 is 0.927 bits per heavy atom. The minimum atomic E-state index is 0.228. The van der Waals surface area contributed by atoms with Gasteiger partial charge in [0.05, 0.1) is 12.9 Å². The van der Waals surface area contributed by atoms with Crippen molar-refractivity contribution in [2.24, 2.45) is 0 Å². The van der Waals surface area contributed by atoms with Crippen molar-refractivity contribution in [2.75, 3.05) is 50.0 Å². The summed E-state index contributed by atoms with van der Waals surface area (Å²) in [5.41, 5.74) is 2.84. The lowest BCUT2D eigenvalue weighted by molar-refractivity contribution is -0.127. The third kappa shape index (κ3) is 6.94. The summed E-state index contributed by atoms with van der Waals surface area (Å²) < 4.78 is 7.90. The topological polar surface area (TPSA) is 100 Å². The average molecular weight is 555 g/mol. The normalized spacial score (nSPS) is 16.4. The highest BCUT2D eigenvalue weighted by Crippen LogP contribution is 2.23. The number of carbonyl (C=O) groups is 1. The fourth-order valence-corrected chi connectivity index (χ4v) is 5.58. The van der Waals surface area contributed by atoms with Crippen LogP contribution in [0.5, 0.6) is 5.75 Å². The molecule has 2 N–H and O–H groups in total. The van der Waals surface area contributed by atoms with Gasteiger partial charge in [0, 0.05) is 51.7 Å². The zero-order valence-electron chi connectivity index (χ0n) is 23.4. The van der Waals surface area contributed by atoms with Crippen LogP contribution in [0.1, 0.15) is 31.2 Å². The third-order valence-electron chi connectivity index (χ3n) is 7.82. The molecule has 2 aromatic carbocycles. The minimum absolute atomic E-state index is 0.228. The number of amides is 1. The summed E-state index contributed by atoms with van der Waals surface area (Å²) in [7, 11) is 0. The number of ether oxygens (including phenoxy) is 1. The Labute approximate surface area is 240 Å². The molecule has 0 atom stereocenters. The average Bonchev–Trinajstić information content (AvgIpc) is 3.61. The van der Waals surface area contributed by atoms with Gasteiger partial charge < -0.3 is 24.8 Å². The molecule has 0 spiro atoms. The molecule has 214 valence electrons. The van der Waals surface area contributed by atoms with Crippen LogP contribution in [0.4, 0.5) is 11.8 Å². The number of likely N-dealkylation sites (tertiary alicyclic amines) is 2. The summed E-state index contributed by atoms with van der Waals surface area (Å²) in [4.78, 5) is 31.0. The molecule has 10 heteroatoms. The van der Waals surface area contributed by atoms with Gasteiger partial charge in [0.2, 0.25) is 11.9 Å². The summed E-state index contributed by atoms with van der Waals surface area (Å²) in [6.07, 6.45) is 5.43. The second-order valence-electron chi connectivity index (χ2n) is 10.8. The van der Waals surface area contributed by atoms with Crippen LogP contribution < -0.4 is 15.4 Å². The predicted octanol–water partition coefficient (Wildman–Crippen LogP) is 4.02. The minimum Gasteiger partial charge on any atom is -0.492 e. The SMILES string of the molecule is O=C1CCCN1CCn1cnc2c(NCCOc3ccccc3)nc(NC3CCN(Cc4ccccc4)CC3)nc21. The highest BCUT2D eigenvalue weighted by Gasteiger charge is 2.23. The van der Waals surface area contributed by atoms with Crippen LogP contribution in [-0.2, 0) is 17.9 Å². The first kappa shape index (κ1) is 27.0. The number of aromatic nitrogens is 4. The van der Waals surface area contributed by atoms with Crippen LogP contribution in [0.25, 0.3) is 11.2 Å². The van der Waals surface area contributed by atoms with E-state index in [1.807, 2.05) is 39.8 Å². The smallest absolute Gasteiger partial charge is 0.227 e. The molecule has 4 heterocycles. The van der Waals surface area contributed by atoms with Gasteiger partial charge in [-0.25, -0.2) is 4.98 Å². The van der Waals surface area contributed by atoms with Gasteiger partial charge in [-0.05, 0) is 37.0 Å². The highest BCUT2D eigenvalue weighted by atomic mass is 16.5. The lowest BCUT2D eigenvalue weighted by atomic mass is 10.0. The molecular weight excluding hydrogens is 516 g/mol. The molecule has 2 aliphatic rings. The Balaban J connectivity index is 1.13. The van der Waals surface area contributed by atoms with Crippen LogP contribution in [0.3, 0.4) is 0 Å². The van der Waals surface area contributed by atoms with E-state index in [0.29, 0.717) is 50.5 Å². The Kier molecular flexibility index (Phi) is 8.56. The number of rotatable bonds is 12. The third-order valence-corrected chi connectivity index (χ3v) is 7.82. The molecule has 0 radical (unpaired) electrons. The molecule has 0 unspecified atom stereocenters. The number of nitrogens with zero attached hydrogens (tertiary/aromatic N) is 6. The van der Waals surface area contributed by atoms with Crippen molar-refractivity contribution < 1.29 is 9.53 Å². The van der Waals surface area contributed by atoms with Crippen LogP contribution in [0.2, 0.25) is 0 Å². The van der Waals surface area contributed by atoms with Crippen LogP contribution in [0.15, 0.2) is 67.0 Å². The quantitative estimate of drug-likeness (QED) is 0.254. The van der Waals surface area contributed by atoms with Crippen LogP contribution in [-0.4, -0.2) is 80.6 Å². The lowest BCUT2D eigenvalue weighted by Crippen LogP contribution is -2.39. The molecule has 1 amide bonds. The molecular formula is C31H38N8O2. The van der Waals surface area contributed by atoms with Gasteiger partial charge in [-0.3, -0.25) is 9.69 Å². The van der Waals surface area contributed by atoms with E-state index in [4.69, 9.17) is 14.7 Å². The molecule has 41 heavy (non-hydrogen) atoms. The Bertz CT molecular complexity index is 1420. The molecule has 0 aliphatic carbocycles. The number of hydrogen-bond acceptors (Lipinski definition) is 8. The number of hydrogen-bond donors (Lipinski definition) is 2. The van der Waals surface area contributed by atoms with Crippen molar-refractivity contribution in [2.45, 2.75) is 44.8 Å². The van der Waals surface area contributed by atoms with Gasteiger partial charge in [-0.1, -0.05) is 48.5 Å². The van der Waals surface area contributed by atoms with Gasteiger partial charge >= 0.3 is 0 Å². The van der Waals surface area contributed by atoms with Crippen molar-refractivity contribution in [3.8, 4) is 5.75 Å². The summed E-state index contributed by atoms with van der Waals surface area (Å²) in [6.45, 7) is 6.23. The first-order valence-electron chi connectivity index (χ1n) is 14.7. The number of benzene rings is 2.